The summed E-state index contributed by atoms with van der Waals surface area (Å²) < 4.78 is 13.0. The van der Waals surface area contributed by atoms with Gasteiger partial charge < -0.3 is 24.7 Å². The van der Waals surface area contributed by atoms with Gasteiger partial charge in [-0.1, -0.05) is 6.07 Å². The van der Waals surface area contributed by atoms with Gasteiger partial charge in [0.05, 0.1) is 0 Å². The van der Waals surface area contributed by atoms with Crippen LogP contribution >= 0.6 is 0 Å². The van der Waals surface area contributed by atoms with Crippen LogP contribution < -0.4 is 20.1 Å². The maximum absolute atomic E-state index is 5.43. The molecule has 146 valence electrons. The van der Waals surface area contributed by atoms with E-state index < -0.39 is 0 Å². The van der Waals surface area contributed by atoms with Crippen LogP contribution in [0.25, 0.3) is 0 Å². The Bertz CT molecular complexity index is 757. The molecule has 1 aliphatic rings. The van der Waals surface area contributed by atoms with E-state index in [1.54, 1.807) is 0 Å². The van der Waals surface area contributed by atoms with Crippen molar-refractivity contribution in [3.63, 3.8) is 0 Å². The quantitative estimate of drug-likeness (QED) is 0.403. The van der Waals surface area contributed by atoms with Crippen LogP contribution in [-0.4, -0.2) is 41.9 Å². The first-order valence-electron chi connectivity index (χ1n) is 9.64. The van der Waals surface area contributed by atoms with Crippen molar-refractivity contribution in [3.05, 3.63) is 42.0 Å². The summed E-state index contributed by atoms with van der Waals surface area (Å²) in [5.74, 6) is 3.60. The first-order chi connectivity index (χ1) is 13.3. The number of aliphatic imine (C=N–C) groups is 1. The normalized spacial score (nSPS) is 13.0. The lowest BCUT2D eigenvalue weighted by molar-refractivity contribution is 0.174. The minimum Gasteiger partial charge on any atom is -0.454 e. The molecule has 0 bridgehead atoms. The fourth-order valence-corrected chi connectivity index (χ4v) is 2.99. The maximum atomic E-state index is 5.43. The first kappa shape index (κ1) is 19.1. The molecule has 0 atom stereocenters. The summed E-state index contributed by atoms with van der Waals surface area (Å²) in [6, 6.07) is 6.10. The van der Waals surface area contributed by atoms with Crippen LogP contribution in [0.4, 0.5) is 0 Å². The van der Waals surface area contributed by atoms with Crippen molar-refractivity contribution < 1.29 is 9.47 Å². The van der Waals surface area contributed by atoms with Crippen LogP contribution in [0.15, 0.2) is 35.6 Å². The number of unbranched alkanes of at least 4 members (excludes halogenated alkanes) is 1. The largest absolute Gasteiger partial charge is 0.454 e. The SMILES string of the molecule is CCNC(=NCCCCn1ccnc1C)NCCc1ccc2c(c1)OCO2. The van der Waals surface area contributed by atoms with E-state index in [1.165, 1.54) is 5.56 Å². The third kappa shape index (κ3) is 5.64. The second kappa shape index (κ2) is 9.85. The number of aromatic nitrogens is 2. The fourth-order valence-electron chi connectivity index (χ4n) is 2.99. The number of fused-ring (bicyclic) bond motifs is 1. The van der Waals surface area contributed by atoms with Gasteiger partial charge in [-0.2, -0.15) is 0 Å². The van der Waals surface area contributed by atoms with E-state index in [9.17, 15) is 0 Å². The van der Waals surface area contributed by atoms with Crippen molar-refractivity contribution in [1.29, 1.82) is 0 Å². The standard InChI is InChI=1S/C20H29N5O2/c1-3-21-20(23-9-4-5-12-25-13-11-22-16(25)2)24-10-8-17-6-7-18-19(14-17)27-15-26-18/h6-7,11,13-14H,3-5,8-10,12,15H2,1-2H3,(H2,21,23,24). The molecule has 0 fully saturated rings. The number of hydrogen-bond acceptors (Lipinski definition) is 4. The van der Waals surface area contributed by atoms with Gasteiger partial charge in [0.25, 0.3) is 0 Å². The van der Waals surface area contributed by atoms with Crippen molar-refractivity contribution in [2.45, 2.75) is 39.7 Å². The highest BCUT2D eigenvalue weighted by atomic mass is 16.7. The first-order valence-corrected chi connectivity index (χ1v) is 9.64. The van der Waals surface area contributed by atoms with Crippen molar-refractivity contribution in [2.75, 3.05) is 26.4 Å². The average Bonchev–Trinajstić information content (AvgIpc) is 3.30. The summed E-state index contributed by atoms with van der Waals surface area (Å²) in [6.45, 7) is 7.91. The summed E-state index contributed by atoms with van der Waals surface area (Å²) in [4.78, 5) is 8.92. The lowest BCUT2D eigenvalue weighted by Gasteiger charge is -2.11. The predicted octanol–water partition coefficient (Wildman–Crippen LogP) is 2.50. The van der Waals surface area contributed by atoms with E-state index >= 15 is 0 Å². The number of nitrogens with zero attached hydrogens (tertiary/aromatic N) is 3. The number of imidazole rings is 1. The van der Waals surface area contributed by atoms with Crippen LogP contribution in [-0.2, 0) is 13.0 Å². The Hall–Kier alpha value is -2.70. The highest BCUT2D eigenvalue weighted by Crippen LogP contribution is 2.32. The summed E-state index contributed by atoms with van der Waals surface area (Å²) in [7, 11) is 0. The van der Waals surface area contributed by atoms with E-state index in [-0.39, 0.29) is 0 Å². The van der Waals surface area contributed by atoms with Gasteiger partial charge in [0.1, 0.15) is 5.82 Å². The molecule has 2 N–H and O–H groups in total. The van der Waals surface area contributed by atoms with Crippen LogP contribution in [0.2, 0.25) is 0 Å². The summed E-state index contributed by atoms with van der Waals surface area (Å²) in [5.41, 5.74) is 1.22. The van der Waals surface area contributed by atoms with Crippen LogP contribution in [0.1, 0.15) is 31.2 Å². The molecule has 7 nitrogen and oxygen atoms in total. The van der Waals surface area contributed by atoms with Gasteiger partial charge in [0.15, 0.2) is 17.5 Å². The number of aryl methyl sites for hydroxylation is 2. The van der Waals surface area contributed by atoms with Crippen molar-refractivity contribution in [3.8, 4) is 11.5 Å². The molecule has 0 spiro atoms. The highest BCUT2D eigenvalue weighted by Gasteiger charge is 2.12. The van der Waals surface area contributed by atoms with E-state index in [2.05, 4.69) is 38.2 Å². The smallest absolute Gasteiger partial charge is 0.231 e. The highest BCUT2D eigenvalue weighted by molar-refractivity contribution is 5.79. The number of rotatable bonds is 9. The van der Waals surface area contributed by atoms with Gasteiger partial charge in [0, 0.05) is 38.6 Å². The van der Waals surface area contributed by atoms with Crippen LogP contribution in [0.5, 0.6) is 11.5 Å². The molecule has 3 rings (SSSR count). The Balaban J connectivity index is 1.38. The number of nitrogens with one attached hydrogen (secondary N) is 2. The van der Waals surface area contributed by atoms with Gasteiger partial charge >= 0.3 is 0 Å². The molecule has 27 heavy (non-hydrogen) atoms. The molecular weight excluding hydrogens is 342 g/mol. The molecule has 2 aromatic rings. The van der Waals surface area contributed by atoms with Crippen molar-refractivity contribution >= 4 is 5.96 Å². The third-order valence-electron chi connectivity index (χ3n) is 4.49. The van der Waals surface area contributed by atoms with Gasteiger partial charge in [0.2, 0.25) is 6.79 Å². The molecule has 0 saturated carbocycles. The van der Waals surface area contributed by atoms with E-state index in [4.69, 9.17) is 9.47 Å². The topological polar surface area (TPSA) is 72.7 Å². The predicted molar refractivity (Wildman–Crippen MR) is 106 cm³/mol. The zero-order valence-corrected chi connectivity index (χ0v) is 16.2. The molecule has 7 heteroatoms. The molecule has 0 amide bonds. The van der Waals surface area contributed by atoms with Crippen LogP contribution in [0, 0.1) is 6.92 Å². The van der Waals surface area contributed by atoms with E-state index in [0.717, 1.165) is 68.7 Å². The lowest BCUT2D eigenvalue weighted by Crippen LogP contribution is -2.38. The molecule has 0 saturated heterocycles. The zero-order chi connectivity index (χ0) is 18.9. The molecule has 0 unspecified atom stereocenters. The molecule has 1 aromatic heterocycles. The zero-order valence-electron chi connectivity index (χ0n) is 16.2. The maximum Gasteiger partial charge on any atom is 0.231 e. The molecule has 0 radical (unpaired) electrons. The Morgan fingerprint density at radius 1 is 1.22 bits per heavy atom. The summed E-state index contributed by atoms with van der Waals surface area (Å²) >= 11 is 0. The summed E-state index contributed by atoms with van der Waals surface area (Å²) in [6.07, 6.45) is 6.93. The molecule has 0 aliphatic carbocycles. The Labute approximate surface area is 160 Å². The van der Waals surface area contributed by atoms with E-state index in [1.807, 2.05) is 31.5 Å². The van der Waals surface area contributed by atoms with Crippen LogP contribution in [0.3, 0.4) is 0 Å². The van der Waals surface area contributed by atoms with E-state index in [0.29, 0.717) is 6.79 Å². The van der Waals surface area contributed by atoms with Gasteiger partial charge in [-0.3, -0.25) is 4.99 Å². The van der Waals surface area contributed by atoms with Gasteiger partial charge in [-0.15, -0.1) is 0 Å². The average molecular weight is 371 g/mol. The number of ether oxygens (including phenoxy) is 2. The van der Waals surface area contributed by atoms with Gasteiger partial charge in [-0.25, -0.2) is 4.98 Å². The van der Waals surface area contributed by atoms with Crippen molar-refractivity contribution in [2.24, 2.45) is 4.99 Å². The fraction of sp³-hybridized carbons (Fsp3) is 0.500. The molecule has 2 heterocycles. The number of benzene rings is 1. The minimum atomic E-state index is 0.314. The molecular formula is C20H29N5O2. The molecule has 1 aromatic carbocycles. The van der Waals surface area contributed by atoms with Crippen molar-refractivity contribution in [1.82, 2.24) is 20.2 Å². The summed E-state index contributed by atoms with van der Waals surface area (Å²) in [5, 5.41) is 6.71. The minimum absolute atomic E-state index is 0.314. The van der Waals surface area contributed by atoms with Gasteiger partial charge in [-0.05, 0) is 50.8 Å². The number of hydrogen-bond donors (Lipinski definition) is 2. The monoisotopic (exact) mass is 371 g/mol. The lowest BCUT2D eigenvalue weighted by atomic mass is 10.1. The Kier molecular flexibility index (Phi) is 6.96. The molecule has 1 aliphatic heterocycles. The second-order valence-corrected chi connectivity index (χ2v) is 6.50. The number of guanidine groups is 1. The Morgan fingerprint density at radius 3 is 2.93 bits per heavy atom. The Morgan fingerprint density at radius 2 is 2.11 bits per heavy atom. The third-order valence-corrected chi connectivity index (χ3v) is 4.49. The second-order valence-electron chi connectivity index (χ2n) is 6.50.